The predicted molar refractivity (Wildman–Crippen MR) is 79.9 cm³/mol. The minimum Gasteiger partial charge on any atom is -0.409 e. The highest BCUT2D eigenvalue weighted by Crippen LogP contribution is 2.18. The third-order valence-corrected chi connectivity index (χ3v) is 3.41. The lowest BCUT2D eigenvalue weighted by molar-refractivity contribution is 0.0699. The average molecular weight is 344 g/mol. The Kier molecular flexibility index (Phi) is 7.03. The molecule has 7 heteroatoms. The molecule has 3 N–H and O–H groups in total. The molecule has 1 rings (SSSR count). The van der Waals surface area contributed by atoms with Gasteiger partial charge in [0, 0.05) is 31.1 Å². The van der Waals surface area contributed by atoms with Crippen molar-refractivity contribution in [3.8, 4) is 0 Å². The molecule has 1 amide bonds. The van der Waals surface area contributed by atoms with E-state index in [1.54, 1.807) is 24.1 Å². The number of amides is 1. The molecule has 0 aliphatic rings. The summed E-state index contributed by atoms with van der Waals surface area (Å²) >= 11 is 3.36. The zero-order valence-corrected chi connectivity index (χ0v) is 12.8. The minimum absolute atomic E-state index is 0.0901. The van der Waals surface area contributed by atoms with Crippen molar-refractivity contribution in [2.75, 3.05) is 26.8 Å². The number of rotatable bonds is 7. The van der Waals surface area contributed by atoms with E-state index < -0.39 is 0 Å². The van der Waals surface area contributed by atoms with E-state index in [1.807, 2.05) is 12.1 Å². The number of oxime groups is 1. The Morgan fingerprint density at radius 1 is 1.45 bits per heavy atom. The van der Waals surface area contributed by atoms with Crippen LogP contribution < -0.4 is 5.73 Å². The highest BCUT2D eigenvalue weighted by molar-refractivity contribution is 9.10. The van der Waals surface area contributed by atoms with Crippen LogP contribution in [0.15, 0.2) is 33.9 Å². The van der Waals surface area contributed by atoms with E-state index in [1.165, 1.54) is 0 Å². The molecule has 0 atom stereocenters. The standard InChI is InChI=1S/C13H18BrN3O3/c1-20-9-8-17(7-6-12(15)16-19)13(18)10-4-2-3-5-11(10)14/h2-5,19H,6-9H2,1H3,(H2,15,16). The minimum atomic E-state index is -0.125. The van der Waals surface area contributed by atoms with Crippen LogP contribution in [0.4, 0.5) is 0 Å². The number of benzene rings is 1. The fourth-order valence-electron chi connectivity index (χ4n) is 1.62. The zero-order chi connectivity index (χ0) is 15.0. The third kappa shape index (κ3) is 4.82. The molecule has 1 aromatic carbocycles. The van der Waals surface area contributed by atoms with Crippen LogP contribution in [0.1, 0.15) is 16.8 Å². The Bertz CT molecular complexity index is 480. The molecule has 0 aromatic heterocycles. The van der Waals surface area contributed by atoms with Crippen LogP contribution >= 0.6 is 15.9 Å². The molecule has 0 fully saturated rings. The van der Waals surface area contributed by atoms with Crippen LogP contribution in [0.5, 0.6) is 0 Å². The maximum atomic E-state index is 12.5. The summed E-state index contributed by atoms with van der Waals surface area (Å²) in [5, 5.41) is 11.5. The van der Waals surface area contributed by atoms with Gasteiger partial charge in [0.15, 0.2) is 0 Å². The summed E-state index contributed by atoms with van der Waals surface area (Å²) in [7, 11) is 1.57. The molecule has 0 spiro atoms. The molecule has 0 aliphatic carbocycles. The van der Waals surface area contributed by atoms with Gasteiger partial charge < -0.3 is 20.6 Å². The van der Waals surface area contributed by atoms with Crippen LogP contribution in [0.2, 0.25) is 0 Å². The summed E-state index contributed by atoms with van der Waals surface area (Å²) in [5.74, 6) is -0.0346. The van der Waals surface area contributed by atoms with Crippen molar-refractivity contribution in [3.05, 3.63) is 34.3 Å². The first-order chi connectivity index (χ1) is 9.60. The first-order valence-corrected chi connectivity index (χ1v) is 6.88. The lowest BCUT2D eigenvalue weighted by Crippen LogP contribution is -2.36. The van der Waals surface area contributed by atoms with Crippen LogP contribution in [-0.2, 0) is 4.74 Å². The van der Waals surface area contributed by atoms with E-state index in [9.17, 15) is 4.79 Å². The molecule has 110 valence electrons. The maximum absolute atomic E-state index is 12.5. The number of methoxy groups -OCH3 is 1. The Morgan fingerprint density at radius 2 is 2.15 bits per heavy atom. The van der Waals surface area contributed by atoms with Gasteiger partial charge in [-0.2, -0.15) is 0 Å². The van der Waals surface area contributed by atoms with Crippen molar-refractivity contribution in [2.45, 2.75) is 6.42 Å². The fourth-order valence-corrected chi connectivity index (χ4v) is 2.08. The maximum Gasteiger partial charge on any atom is 0.255 e. The second-order valence-corrected chi connectivity index (χ2v) is 4.96. The summed E-state index contributed by atoms with van der Waals surface area (Å²) in [6.07, 6.45) is 0.302. The number of hydrogen-bond donors (Lipinski definition) is 2. The first-order valence-electron chi connectivity index (χ1n) is 6.09. The molecule has 0 saturated heterocycles. The highest BCUT2D eigenvalue weighted by atomic mass is 79.9. The number of halogens is 1. The molecule has 20 heavy (non-hydrogen) atoms. The monoisotopic (exact) mass is 343 g/mol. The van der Waals surface area contributed by atoms with Gasteiger partial charge in [0.25, 0.3) is 5.91 Å². The van der Waals surface area contributed by atoms with Gasteiger partial charge in [0.05, 0.1) is 12.2 Å². The van der Waals surface area contributed by atoms with Gasteiger partial charge in [-0.1, -0.05) is 17.3 Å². The second-order valence-electron chi connectivity index (χ2n) is 4.11. The number of ether oxygens (including phenoxy) is 1. The lowest BCUT2D eigenvalue weighted by atomic mass is 10.2. The van der Waals surface area contributed by atoms with Crippen molar-refractivity contribution in [3.63, 3.8) is 0 Å². The van der Waals surface area contributed by atoms with E-state index >= 15 is 0 Å². The number of carbonyl (C=O) groups is 1. The van der Waals surface area contributed by atoms with E-state index in [-0.39, 0.29) is 11.7 Å². The van der Waals surface area contributed by atoms with Gasteiger partial charge in [0.1, 0.15) is 5.84 Å². The van der Waals surface area contributed by atoms with Crippen molar-refractivity contribution in [1.82, 2.24) is 4.90 Å². The van der Waals surface area contributed by atoms with Crippen LogP contribution in [0.3, 0.4) is 0 Å². The first kappa shape index (κ1) is 16.5. The summed E-state index contributed by atoms with van der Waals surface area (Å²) in [6.45, 7) is 1.22. The van der Waals surface area contributed by atoms with Crippen LogP contribution in [0, 0.1) is 0 Å². The Hall–Kier alpha value is -1.60. The SMILES string of the molecule is COCCN(CCC(N)=NO)C(=O)c1ccccc1Br. The van der Waals surface area contributed by atoms with Crippen molar-refractivity contribution in [1.29, 1.82) is 0 Å². The molecule has 0 saturated carbocycles. The molecular formula is C13H18BrN3O3. The average Bonchev–Trinajstić information content (AvgIpc) is 2.47. The zero-order valence-electron chi connectivity index (χ0n) is 11.3. The summed E-state index contributed by atoms with van der Waals surface area (Å²) in [5.41, 5.74) is 6.01. The smallest absolute Gasteiger partial charge is 0.255 e. The number of hydrogen-bond acceptors (Lipinski definition) is 4. The summed E-state index contributed by atoms with van der Waals surface area (Å²) in [6, 6.07) is 7.20. The van der Waals surface area contributed by atoms with Crippen molar-refractivity contribution < 1.29 is 14.7 Å². The second kappa shape index (κ2) is 8.55. The lowest BCUT2D eigenvalue weighted by Gasteiger charge is -2.22. The molecule has 0 aliphatic heterocycles. The Balaban J connectivity index is 2.81. The quantitative estimate of drug-likeness (QED) is 0.341. The summed E-state index contributed by atoms with van der Waals surface area (Å²) < 4.78 is 5.74. The van der Waals surface area contributed by atoms with Gasteiger partial charge in [-0.15, -0.1) is 0 Å². The molecule has 0 radical (unpaired) electrons. The molecule has 0 bridgehead atoms. The largest absolute Gasteiger partial charge is 0.409 e. The fraction of sp³-hybridized carbons (Fsp3) is 0.385. The van der Waals surface area contributed by atoms with Crippen LogP contribution in [-0.4, -0.2) is 48.7 Å². The van der Waals surface area contributed by atoms with E-state index in [2.05, 4.69) is 21.1 Å². The molecule has 0 unspecified atom stereocenters. The Morgan fingerprint density at radius 3 is 2.75 bits per heavy atom. The van der Waals surface area contributed by atoms with Gasteiger partial charge in [-0.3, -0.25) is 4.79 Å². The van der Waals surface area contributed by atoms with Gasteiger partial charge in [0.2, 0.25) is 0 Å². The normalized spacial score (nSPS) is 11.4. The third-order valence-electron chi connectivity index (χ3n) is 2.72. The van der Waals surface area contributed by atoms with Crippen molar-refractivity contribution in [2.24, 2.45) is 10.9 Å². The number of nitrogens with zero attached hydrogens (tertiary/aromatic N) is 2. The molecule has 0 heterocycles. The molecule has 1 aromatic rings. The van der Waals surface area contributed by atoms with E-state index in [0.29, 0.717) is 31.7 Å². The number of nitrogens with two attached hydrogens (primary N) is 1. The predicted octanol–water partition coefficient (Wildman–Crippen LogP) is 1.67. The van der Waals surface area contributed by atoms with E-state index in [0.717, 1.165) is 4.47 Å². The van der Waals surface area contributed by atoms with Gasteiger partial charge in [-0.05, 0) is 28.1 Å². The van der Waals surface area contributed by atoms with Crippen LogP contribution in [0.25, 0.3) is 0 Å². The molecular weight excluding hydrogens is 326 g/mol. The number of amidine groups is 1. The van der Waals surface area contributed by atoms with E-state index in [4.69, 9.17) is 15.7 Å². The van der Waals surface area contributed by atoms with Gasteiger partial charge in [-0.25, -0.2) is 0 Å². The van der Waals surface area contributed by atoms with Crippen molar-refractivity contribution >= 4 is 27.7 Å². The molecule has 6 nitrogen and oxygen atoms in total. The van der Waals surface area contributed by atoms with Gasteiger partial charge >= 0.3 is 0 Å². The summed E-state index contributed by atoms with van der Waals surface area (Å²) in [4.78, 5) is 14.1. The highest BCUT2D eigenvalue weighted by Gasteiger charge is 2.17. The topological polar surface area (TPSA) is 88.2 Å². The number of carbonyl (C=O) groups excluding carboxylic acids is 1. The Labute approximate surface area is 126 Å².